The van der Waals surface area contributed by atoms with E-state index >= 15 is 0 Å². The highest BCUT2D eigenvalue weighted by Gasteiger charge is 2.20. The Balaban J connectivity index is 1.73. The second-order valence-corrected chi connectivity index (χ2v) is 7.30. The van der Waals surface area contributed by atoms with Crippen molar-refractivity contribution in [3.8, 4) is 0 Å². The molecule has 1 aliphatic heterocycles. The fraction of sp³-hybridized carbons (Fsp3) is 0.278. The number of nitrogens with one attached hydrogen (secondary N) is 2. The molecular weight excluding hydrogens is 391 g/mol. The number of carbonyl (C=O) groups excluding carboxylic acids is 1. The van der Waals surface area contributed by atoms with Gasteiger partial charge in [0, 0.05) is 17.8 Å². The Morgan fingerprint density at radius 2 is 1.85 bits per heavy atom. The van der Waals surface area contributed by atoms with Gasteiger partial charge in [-0.1, -0.05) is 23.2 Å². The van der Waals surface area contributed by atoms with E-state index in [4.69, 9.17) is 23.2 Å². The van der Waals surface area contributed by atoms with E-state index in [1.807, 2.05) is 6.07 Å². The topological polar surface area (TPSA) is 79.9 Å². The van der Waals surface area contributed by atoms with Crippen molar-refractivity contribution in [1.82, 2.24) is 0 Å². The zero-order chi connectivity index (χ0) is 19.6. The number of nitro groups is 1. The largest absolute Gasteiger partial charge is 0.359 e. The SMILES string of the molecule is C[NH+]1CCN(c2ccc(NC(=O)c3ccc([N+](=O)[O-])cc3Cl)cc2Cl)CC1. The highest BCUT2D eigenvalue weighted by atomic mass is 35.5. The summed E-state index contributed by atoms with van der Waals surface area (Å²) in [5, 5.41) is 14.1. The van der Waals surface area contributed by atoms with Crippen LogP contribution in [-0.2, 0) is 0 Å². The van der Waals surface area contributed by atoms with Crippen molar-refractivity contribution in [2.75, 3.05) is 43.4 Å². The van der Waals surface area contributed by atoms with Crippen LogP contribution in [0, 0.1) is 10.1 Å². The van der Waals surface area contributed by atoms with E-state index in [1.54, 1.807) is 12.1 Å². The quantitative estimate of drug-likeness (QED) is 0.600. The molecule has 2 aromatic rings. The summed E-state index contributed by atoms with van der Waals surface area (Å²) < 4.78 is 0. The monoisotopic (exact) mass is 409 g/mol. The van der Waals surface area contributed by atoms with Crippen LogP contribution in [0.15, 0.2) is 36.4 Å². The number of halogens is 2. The Morgan fingerprint density at radius 1 is 1.15 bits per heavy atom. The maximum absolute atomic E-state index is 12.4. The molecule has 3 rings (SSSR count). The van der Waals surface area contributed by atoms with Crippen LogP contribution in [0.2, 0.25) is 10.0 Å². The van der Waals surface area contributed by atoms with E-state index < -0.39 is 10.8 Å². The van der Waals surface area contributed by atoms with E-state index in [0.29, 0.717) is 10.7 Å². The van der Waals surface area contributed by atoms with E-state index in [2.05, 4.69) is 17.3 Å². The number of quaternary nitrogens is 1. The van der Waals surface area contributed by atoms with Gasteiger partial charge in [0.15, 0.2) is 0 Å². The second kappa shape index (κ2) is 8.12. The molecule has 1 aliphatic rings. The van der Waals surface area contributed by atoms with Crippen molar-refractivity contribution in [2.24, 2.45) is 0 Å². The molecule has 7 nitrogen and oxygen atoms in total. The first-order valence-corrected chi connectivity index (χ1v) is 9.22. The normalized spacial score (nSPS) is 14.9. The summed E-state index contributed by atoms with van der Waals surface area (Å²) >= 11 is 12.4. The number of piperazine rings is 1. The maximum atomic E-state index is 12.4. The van der Waals surface area contributed by atoms with Crippen molar-refractivity contribution < 1.29 is 14.6 Å². The number of carbonyl (C=O) groups is 1. The molecular formula is C18H19Cl2N4O3+. The number of hydrogen-bond donors (Lipinski definition) is 2. The Kier molecular flexibility index (Phi) is 5.84. The molecule has 0 spiro atoms. The molecule has 142 valence electrons. The number of non-ortho nitro benzene ring substituents is 1. The number of anilines is 2. The number of likely N-dealkylation sites (N-methyl/N-ethyl adjacent to an activating group) is 1. The highest BCUT2D eigenvalue weighted by Crippen LogP contribution is 2.30. The molecule has 27 heavy (non-hydrogen) atoms. The minimum atomic E-state index is -0.564. The van der Waals surface area contributed by atoms with Crippen LogP contribution in [-0.4, -0.2) is 44.1 Å². The van der Waals surface area contributed by atoms with Crippen LogP contribution in [0.5, 0.6) is 0 Å². The predicted molar refractivity (Wildman–Crippen MR) is 106 cm³/mol. The summed E-state index contributed by atoms with van der Waals surface area (Å²) in [4.78, 5) is 26.4. The molecule has 0 unspecified atom stereocenters. The lowest BCUT2D eigenvalue weighted by atomic mass is 10.1. The molecule has 0 radical (unpaired) electrons. The van der Waals surface area contributed by atoms with Gasteiger partial charge in [0.2, 0.25) is 0 Å². The van der Waals surface area contributed by atoms with Crippen LogP contribution in [0.4, 0.5) is 17.1 Å². The van der Waals surface area contributed by atoms with Crippen molar-refractivity contribution >= 4 is 46.2 Å². The van der Waals surface area contributed by atoms with Gasteiger partial charge in [-0.05, 0) is 24.3 Å². The molecule has 2 N–H and O–H groups in total. The lowest BCUT2D eigenvalue weighted by molar-refractivity contribution is -0.880. The van der Waals surface area contributed by atoms with Crippen LogP contribution in [0.1, 0.15) is 10.4 Å². The van der Waals surface area contributed by atoms with E-state index in [0.717, 1.165) is 37.9 Å². The number of benzene rings is 2. The lowest BCUT2D eigenvalue weighted by Crippen LogP contribution is -3.12. The second-order valence-electron chi connectivity index (χ2n) is 6.49. The van der Waals surface area contributed by atoms with E-state index in [-0.39, 0.29) is 16.3 Å². The third-order valence-electron chi connectivity index (χ3n) is 4.57. The Morgan fingerprint density at radius 3 is 2.44 bits per heavy atom. The minimum Gasteiger partial charge on any atom is -0.359 e. The molecule has 1 amide bonds. The summed E-state index contributed by atoms with van der Waals surface area (Å²) in [7, 11) is 2.17. The number of nitro benzene ring substituents is 1. The van der Waals surface area contributed by atoms with Gasteiger partial charge < -0.3 is 15.1 Å². The number of rotatable bonds is 4. The molecule has 2 aromatic carbocycles. The average molecular weight is 410 g/mol. The maximum Gasteiger partial charge on any atom is 0.270 e. The number of nitrogens with zero attached hydrogens (tertiary/aromatic N) is 2. The standard InChI is InChI=1S/C18H18Cl2N4O3/c1-22-6-8-23(9-7-22)17-5-2-12(10-16(17)20)21-18(25)14-4-3-13(24(26)27)11-15(14)19/h2-5,10-11H,6-9H2,1H3,(H,21,25)/p+1. The van der Waals surface area contributed by atoms with Crippen LogP contribution in [0.25, 0.3) is 0 Å². The zero-order valence-corrected chi connectivity index (χ0v) is 16.2. The lowest BCUT2D eigenvalue weighted by Gasteiger charge is -2.32. The van der Waals surface area contributed by atoms with Gasteiger partial charge in [0.1, 0.15) is 0 Å². The van der Waals surface area contributed by atoms with Crippen molar-refractivity contribution in [3.05, 3.63) is 62.1 Å². The first-order chi connectivity index (χ1) is 12.8. The summed E-state index contributed by atoms with van der Waals surface area (Å²) in [5.74, 6) is -0.457. The average Bonchev–Trinajstić information content (AvgIpc) is 2.62. The van der Waals surface area contributed by atoms with Gasteiger partial charge in [-0.15, -0.1) is 0 Å². The third kappa shape index (κ3) is 4.50. The Hall–Kier alpha value is -2.35. The van der Waals surface area contributed by atoms with Crippen LogP contribution < -0.4 is 15.1 Å². The minimum absolute atomic E-state index is 0.0179. The van der Waals surface area contributed by atoms with Gasteiger partial charge >= 0.3 is 0 Å². The fourth-order valence-corrected chi connectivity index (χ4v) is 3.53. The number of hydrogen-bond acceptors (Lipinski definition) is 4. The van der Waals surface area contributed by atoms with Gasteiger partial charge in [-0.25, -0.2) is 0 Å². The number of amides is 1. The molecule has 1 fully saturated rings. The van der Waals surface area contributed by atoms with Crippen molar-refractivity contribution in [1.29, 1.82) is 0 Å². The Labute approximate surface area is 166 Å². The van der Waals surface area contributed by atoms with E-state index in [1.165, 1.54) is 17.0 Å². The summed E-state index contributed by atoms with van der Waals surface area (Å²) in [6.45, 7) is 3.95. The molecule has 0 atom stereocenters. The fourth-order valence-electron chi connectivity index (χ4n) is 2.97. The van der Waals surface area contributed by atoms with Gasteiger partial charge in [-0.2, -0.15) is 0 Å². The summed E-state index contributed by atoms with van der Waals surface area (Å²) in [6, 6.07) is 9.09. The summed E-state index contributed by atoms with van der Waals surface area (Å²) in [5.41, 5.74) is 1.46. The van der Waals surface area contributed by atoms with Gasteiger partial charge in [0.25, 0.3) is 11.6 Å². The molecule has 0 aromatic heterocycles. The smallest absolute Gasteiger partial charge is 0.270 e. The Bertz CT molecular complexity index is 883. The first-order valence-electron chi connectivity index (χ1n) is 8.46. The molecule has 0 saturated carbocycles. The zero-order valence-electron chi connectivity index (χ0n) is 14.7. The molecule has 0 aliphatic carbocycles. The van der Waals surface area contributed by atoms with Crippen LogP contribution in [0.3, 0.4) is 0 Å². The predicted octanol–water partition coefficient (Wildman–Crippen LogP) is 2.49. The molecule has 9 heteroatoms. The first kappa shape index (κ1) is 19.4. The van der Waals surface area contributed by atoms with Gasteiger partial charge in [0.05, 0.1) is 59.4 Å². The highest BCUT2D eigenvalue weighted by molar-refractivity contribution is 6.35. The van der Waals surface area contributed by atoms with Crippen molar-refractivity contribution in [2.45, 2.75) is 0 Å². The van der Waals surface area contributed by atoms with E-state index in [9.17, 15) is 14.9 Å². The van der Waals surface area contributed by atoms with Crippen molar-refractivity contribution in [3.63, 3.8) is 0 Å². The molecule has 0 bridgehead atoms. The third-order valence-corrected chi connectivity index (χ3v) is 5.19. The van der Waals surface area contributed by atoms with Crippen LogP contribution >= 0.6 is 23.2 Å². The molecule has 1 saturated heterocycles. The summed E-state index contributed by atoms with van der Waals surface area (Å²) in [6.07, 6.45) is 0. The van der Waals surface area contributed by atoms with Gasteiger partial charge in [-0.3, -0.25) is 14.9 Å². The molecule has 1 heterocycles.